The predicted octanol–water partition coefficient (Wildman–Crippen LogP) is 2.86. The van der Waals surface area contributed by atoms with Crippen molar-refractivity contribution in [1.82, 2.24) is 14.7 Å². The molecule has 4 nitrogen and oxygen atoms in total. The smallest absolute Gasteiger partial charge is 0.0739 e. The van der Waals surface area contributed by atoms with E-state index in [-0.39, 0.29) is 6.04 Å². The third kappa shape index (κ3) is 3.81. The van der Waals surface area contributed by atoms with E-state index in [9.17, 15) is 0 Å². The van der Waals surface area contributed by atoms with Gasteiger partial charge in [-0.25, -0.2) is 0 Å². The molecular weight excluding hydrogens is 431 g/mol. The molecule has 1 heterocycles. The van der Waals surface area contributed by atoms with E-state index >= 15 is 0 Å². The van der Waals surface area contributed by atoms with Gasteiger partial charge in [-0.1, -0.05) is 12.1 Å². The van der Waals surface area contributed by atoms with E-state index < -0.39 is 0 Å². The zero-order chi connectivity index (χ0) is 14.7. The highest BCUT2D eigenvalue weighted by Crippen LogP contribution is 2.27. The Morgan fingerprint density at radius 3 is 2.60 bits per heavy atom. The number of hydrogen-bond donors (Lipinski definition) is 1. The van der Waals surface area contributed by atoms with Gasteiger partial charge in [-0.05, 0) is 70.3 Å². The van der Waals surface area contributed by atoms with E-state index in [0.29, 0.717) is 0 Å². The standard InChI is InChI=1S/C14H18BrIN4/c1-19(2)7-8-20-14(12(15)9-18-20)13(17)10-3-5-11(16)6-4-10/h3-6,9,13H,7-8,17H2,1-2H3. The zero-order valence-electron chi connectivity index (χ0n) is 11.6. The van der Waals surface area contributed by atoms with Gasteiger partial charge in [0.05, 0.1) is 29.0 Å². The molecule has 2 aromatic rings. The van der Waals surface area contributed by atoms with Crippen molar-refractivity contribution in [2.75, 3.05) is 20.6 Å². The Hall–Kier alpha value is -0.440. The van der Waals surface area contributed by atoms with Crippen LogP contribution in [0.4, 0.5) is 0 Å². The third-order valence-electron chi connectivity index (χ3n) is 3.12. The minimum Gasteiger partial charge on any atom is -0.319 e. The summed E-state index contributed by atoms with van der Waals surface area (Å²) in [6.45, 7) is 1.76. The van der Waals surface area contributed by atoms with E-state index in [0.717, 1.165) is 28.8 Å². The minimum absolute atomic E-state index is 0.175. The summed E-state index contributed by atoms with van der Waals surface area (Å²) in [5.41, 5.74) is 8.53. The molecule has 2 rings (SSSR count). The van der Waals surface area contributed by atoms with Crippen LogP contribution in [0, 0.1) is 3.57 Å². The second-order valence-electron chi connectivity index (χ2n) is 4.93. The maximum atomic E-state index is 6.41. The Morgan fingerprint density at radius 1 is 1.35 bits per heavy atom. The Bertz CT molecular complexity index is 565. The van der Waals surface area contributed by atoms with Gasteiger partial charge in [0.1, 0.15) is 0 Å². The van der Waals surface area contributed by atoms with Gasteiger partial charge in [0.25, 0.3) is 0 Å². The van der Waals surface area contributed by atoms with Crippen molar-refractivity contribution in [3.05, 3.63) is 49.8 Å². The van der Waals surface area contributed by atoms with Crippen molar-refractivity contribution in [2.24, 2.45) is 5.73 Å². The Labute approximate surface area is 141 Å². The molecule has 0 aliphatic rings. The number of aromatic nitrogens is 2. The van der Waals surface area contributed by atoms with Gasteiger partial charge in [0, 0.05) is 10.1 Å². The summed E-state index contributed by atoms with van der Waals surface area (Å²) in [6.07, 6.45) is 1.82. The minimum atomic E-state index is -0.175. The first kappa shape index (κ1) is 15.9. The van der Waals surface area contributed by atoms with Crippen LogP contribution in [0.1, 0.15) is 17.3 Å². The molecule has 0 aliphatic carbocycles. The number of halogens is 2. The van der Waals surface area contributed by atoms with E-state index in [1.54, 1.807) is 0 Å². The molecule has 20 heavy (non-hydrogen) atoms. The maximum absolute atomic E-state index is 6.41. The highest BCUT2D eigenvalue weighted by Gasteiger charge is 2.18. The SMILES string of the molecule is CN(C)CCn1ncc(Br)c1C(N)c1ccc(I)cc1. The van der Waals surface area contributed by atoms with Gasteiger partial charge in [-0.3, -0.25) is 4.68 Å². The molecule has 108 valence electrons. The third-order valence-corrected chi connectivity index (χ3v) is 4.45. The van der Waals surface area contributed by atoms with Gasteiger partial charge in [-0.2, -0.15) is 5.10 Å². The number of nitrogens with zero attached hydrogens (tertiary/aromatic N) is 3. The second-order valence-corrected chi connectivity index (χ2v) is 7.03. The molecule has 1 unspecified atom stereocenters. The lowest BCUT2D eigenvalue weighted by atomic mass is 10.0. The fourth-order valence-corrected chi connectivity index (χ4v) is 2.88. The quantitative estimate of drug-likeness (QED) is 0.715. The average molecular weight is 449 g/mol. The molecule has 0 bridgehead atoms. The molecule has 2 N–H and O–H groups in total. The number of rotatable bonds is 5. The number of likely N-dealkylation sites (N-methyl/N-ethyl adjacent to an activating group) is 1. The normalized spacial score (nSPS) is 12.9. The molecule has 0 amide bonds. The van der Waals surface area contributed by atoms with Crippen molar-refractivity contribution in [3.8, 4) is 0 Å². The van der Waals surface area contributed by atoms with Crippen LogP contribution in [0.5, 0.6) is 0 Å². The van der Waals surface area contributed by atoms with E-state index in [4.69, 9.17) is 5.73 Å². The molecule has 0 fully saturated rings. The van der Waals surface area contributed by atoms with Gasteiger partial charge in [0.15, 0.2) is 0 Å². The molecule has 1 aromatic carbocycles. The molecule has 1 aromatic heterocycles. The number of hydrogen-bond acceptors (Lipinski definition) is 3. The van der Waals surface area contributed by atoms with Gasteiger partial charge in [0.2, 0.25) is 0 Å². The summed E-state index contributed by atoms with van der Waals surface area (Å²) in [5.74, 6) is 0. The van der Waals surface area contributed by atoms with E-state index in [1.807, 2.05) is 10.9 Å². The fourth-order valence-electron chi connectivity index (χ4n) is 1.98. The molecule has 6 heteroatoms. The van der Waals surface area contributed by atoms with E-state index in [2.05, 4.69) is 86.9 Å². The molecule has 0 radical (unpaired) electrons. The molecule has 0 aliphatic heterocycles. The Kier molecular flexibility index (Phi) is 5.59. The van der Waals surface area contributed by atoms with Crippen molar-refractivity contribution < 1.29 is 0 Å². The van der Waals surface area contributed by atoms with Crippen LogP contribution in [0.25, 0.3) is 0 Å². The lowest BCUT2D eigenvalue weighted by Crippen LogP contribution is -2.23. The van der Waals surface area contributed by atoms with Crippen molar-refractivity contribution in [3.63, 3.8) is 0 Å². The highest BCUT2D eigenvalue weighted by molar-refractivity contribution is 14.1. The number of benzene rings is 1. The van der Waals surface area contributed by atoms with Crippen LogP contribution in [-0.2, 0) is 6.54 Å². The topological polar surface area (TPSA) is 47.1 Å². The summed E-state index contributed by atoms with van der Waals surface area (Å²) in [6, 6.07) is 8.12. The summed E-state index contributed by atoms with van der Waals surface area (Å²) >= 11 is 5.85. The Morgan fingerprint density at radius 2 is 2.00 bits per heavy atom. The fraction of sp³-hybridized carbons (Fsp3) is 0.357. The predicted molar refractivity (Wildman–Crippen MR) is 93.7 cm³/mol. The zero-order valence-corrected chi connectivity index (χ0v) is 15.3. The van der Waals surface area contributed by atoms with Crippen molar-refractivity contribution in [1.29, 1.82) is 0 Å². The van der Waals surface area contributed by atoms with Gasteiger partial charge in [-0.15, -0.1) is 0 Å². The first-order valence-electron chi connectivity index (χ1n) is 6.36. The van der Waals surface area contributed by atoms with Gasteiger partial charge >= 0.3 is 0 Å². The van der Waals surface area contributed by atoms with E-state index in [1.165, 1.54) is 3.57 Å². The largest absolute Gasteiger partial charge is 0.319 e. The monoisotopic (exact) mass is 448 g/mol. The van der Waals surface area contributed by atoms with Crippen LogP contribution >= 0.6 is 38.5 Å². The molecule has 0 saturated heterocycles. The summed E-state index contributed by atoms with van der Waals surface area (Å²) in [5, 5.41) is 4.41. The van der Waals surface area contributed by atoms with Crippen LogP contribution in [0.3, 0.4) is 0 Å². The van der Waals surface area contributed by atoms with Crippen LogP contribution in [0.15, 0.2) is 34.9 Å². The first-order chi connectivity index (χ1) is 9.49. The lowest BCUT2D eigenvalue weighted by Gasteiger charge is -2.17. The number of nitrogens with two attached hydrogens (primary N) is 1. The van der Waals surface area contributed by atoms with Crippen LogP contribution < -0.4 is 5.73 Å². The molecule has 0 saturated carbocycles. The van der Waals surface area contributed by atoms with Crippen molar-refractivity contribution >= 4 is 38.5 Å². The van der Waals surface area contributed by atoms with Crippen molar-refractivity contribution in [2.45, 2.75) is 12.6 Å². The molecular formula is C14H18BrIN4. The average Bonchev–Trinajstić information content (AvgIpc) is 2.77. The maximum Gasteiger partial charge on any atom is 0.0739 e. The van der Waals surface area contributed by atoms with Gasteiger partial charge < -0.3 is 10.6 Å². The Balaban J connectivity index is 2.26. The summed E-state index contributed by atoms with van der Waals surface area (Å²) < 4.78 is 4.15. The summed E-state index contributed by atoms with van der Waals surface area (Å²) in [4.78, 5) is 2.13. The van der Waals surface area contributed by atoms with Crippen LogP contribution in [-0.4, -0.2) is 35.3 Å². The van der Waals surface area contributed by atoms with Crippen LogP contribution in [0.2, 0.25) is 0 Å². The lowest BCUT2D eigenvalue weighted by molar-refractivity contribution is 0.368. The molecule has 1 atom stereocenters. The summed E-state index contributed by atoms with van der Waals surface area (Å²) in [7, 11) is 4.11. The highest BCUT2D eigenvalue weighted by atomic mass is 127. The first-order valence-corrected chi connectivity index (χ1v) is 8.23. The second kappa shape index (κ2) is 7.02. The molecule has 0 spiro atoms.